The average molecular weight is 379 g/mol. The summed E-state index contributed by atoms with van der Waals surface area (Å²) in [5.41, 5.74) is -0.676. The van der Waals surface area contributed by atoms with Gasteiger partial charge in [0.25, 0.3) is 17.5 Å². The van der Waals surface area contributed by atoms with Crippen molar-refractivity contribution in [2.24, 2.45) is 0 Å². The molecule has 1 aliphatic heterocycles. The molecule has 0 unspecified atom stereocenters. The fraction of sp³-hybridized carbons (Fsp3) is 0.312. The van der Waals surface area contributed by atoms with Crippen LogP contribution in [0.5, 0.6) is 11.5 Å². The van der Waals surface area contributed by atoms with Crippen molar-refractivity contribution in [2.45, 2.75) is 13.8 Å². The number of carbonyl (C=O) groups is 2. The third-order valence-corrected chi connectivity index (χ3v) is 4.31. The van der Waals surface area contributed by atoms with Crippen LogP contribution in [0.4, 0.5) is 5.69 Å². The molecule has 0 radical (unpaired) electrons. The first-order valence-corrected chi connectivity index (χ1v) is 8.12. The number of phenolic OH excluding ortho intramolecular Hbond substituents is 1. The van der Waals surface area contributed by atoms with Crippen molar-refractivity contribution in [2.75, 3.05) is 20.2 Å². The zero-order valence-electron chi connectivity index (χ0n) is 14.4. The van der Waals surface area contributed by atoms with Crippen LogP contribution in [0.2, 0.25) is 0 Å². The number of benzene rings is 1. The summed E-state index contributed by atoms with van der Waals surface area (Å²) in [6.07, 6.45) is 1.11. The Morgan fingerprint density at radius 2 is 1.77 bits per heavy atom. The van der Waals surface area contributed by atoms with E-state index in [0.717, 1.165) is 18.2 Å². The van der Waals surface area contributed by atoms with E-state index < -0.39 is 22.5 Å². The lowest BCUT2D eigenvalue weighted by Crippen LogP contribution is -2.55. The number of thiocarbonyl (C=S) groups is 1. The van der Waals surface area contributed by atoms with Gasteiger partial charge in [-0.1, -0.05) is 0 Å². The number of amides is 2. The topological polar surface area (TPSA) is 113 Å². The summed E-state index contributed by atoms with van der Waals surface area (Å²) in [6, 6.07) is 2.11. The predicted octanol–water partition coefficient (Wildman–Crippen LogP) is 1.69. The van der Waals surface area contributed by atoms with E-state index in [1.165, 1.54) is 16.9 Å². The van der Waals surface area contributed by atoms with Crippen LogP contribution in [0.15, 0.2) is 17.7 Å². The molecule has 26 heavy (non-hydrogen) atoms. The lowest BCUT2D eigenvalue weighted by molar-refractivity contribution is -0.385. The first-order valence-electron chi connectivity index (χ1n) is 7.71. The minimum atomic E-state index is -0.666. The molecular weight excluding hydrogens is 362 g/mol. The number of rotatable bonds is 5. The minimum absolute atomic E-state index is 0.0762. The molecule has 1 heterocycles. The third-order valence-electron chi connectivity index (χ3n) is 3.87. The molecule has 0 atom stereocenters. The van der Waals surface area contributed by atoms with Gasteiger partial charge in [0.15, 0.2) is 16.6 Å². The second-order valence-corrected chi connectivity index (χ2v) is 5.65. The van der Waals surface area contributed by atoms with Crippen LogP contribution in [-0.2, 0) is 9.59 Å². The molecule has 1 aliphatic rings. The van der Waals surface area contributed by atoms with Gasteiger partial charge in [-0.3, -0.25) is 29.5 Å². The standard InChI is InChI=1S/C16H17N3O6S/c1-4-17-14(21)11(15(22)18(5-2)16(17)26)7-9-6-10(19(23)24)8-12(25-3)13(9)20/h6-8,20H,4-5H2,1-3H3. The number of hydrogen-bond acceptors (Lipinski definition) is 7. The van der Waals surface area contributed by atoms with Crippen molar-refractivity contribution in [1.29, 1.82) is 0 Å². The Labute approximate surface area is 154 Å². The summed E-state index contributed by atoms with van der Waals surface area (Å²) >= 11 is 5.16. The van der Waals surface area contributed by atoms with Gasteiger partial charge in [0.1, 0.15) is 5.57 Å². The van der Waals surface area contributed by atoms with E-state index in [1.54, 1.807) is 13.8 Å². The van der Waals surface area contributed by atoms with Crippen LogP contribution in [0.1, 0.15) is 19.4 Å². The van der Waals surface area contributed by atoms with E-state index in [4.69, 9.17) is 17.0 Å². The Morgan fingerprint density at radius 1 is 1.23 bits per heavy atom. The number of phenols is 1. The Morgan fingerprint density at radius 3 is 2.19 bits per heavy atom. The highest BCUT2D eigenvalue weighted by atomic mass is 32.1. The maximum absolute atomic E-state index is 12.6. The highest BCUT2D eigenvalue weighted by Crippen LogP contribution is 2.36. The van der Waals surface area contributed by atoms with Gasteiger partial charge in [0.2, 0.25) is 0 Å². The first kappa shape index (κ1) is 19.3. The van der Waals surface area contributed by atoms with Gasteiger partial charge >= 0.3 is 0 Å². The van der Waals surface area contributed by atoms with Crippen LogP contribution in [0.25, 0.3) is 6.08 Å². The number of hydrogen-bond donors (Lipinski definition) is 1. The van der Waals surface area contributed by atoms with Gasteiger partial charge in [-0.05, 0) is 32.1 Å². The number of likely N-dealkylation sites (N-methyl/N-ethyl adjacent to an activating group) is 2. The number of aromatic hydroxyl groups is 1. The van der Waals surface area contributed by atoms with Crippen molar-refractivity contribution in [3.63, 3.8) is 0 Å². The van der Waals surface area contributed by atoms with Crippen LogP contribution >= 0.6 is 12.2 Å². The Kier molecular flexibility index (Phi) is 5.56. The van der Waals surface area contributed by atoms with Crippen molar-refractivity contribution < 1.29 is 24.4 Å². The maximum atomic E-state index is 12.6. The minimum Gasteiger partial charge on any atom is -0.504 e. The van der Waals surface area contributed by atoms with E-state index in [0.29, 0.717) is 0 Å². The van der Waals surface area contributed by atoms with Crippen LogP contribution in [0, 0.1) is 10.1 Å². The van der Waals surface area contributed by atoms with Crippen molar-refractivity contribution in [3.05, 3.63) is 33.4 Å². The van der Waals surface area contributed by atoms with Crippen molar-refractivity contribution in [1.82, 2.24) is 9.80 Å². The molecule has 1 saturated heterocycles. The second kappa shape index (κ2) is 7.48. The fourth-order valence-corrected chi connectivity index (χ4v) is 2.95. The molecule has 2 amide bonds. The van der Waals surface area contributed by atoms with Gasteiger partial charge in [-0.15, -0.1) is 0 Å². The van der Waals surface area contributed by atoms with E-state index in [9.17, 15) is 24.8 Å². The number of carbonyl (C=O) groups excluding carboxylic acids is 2. The monoisotopic (exact) mass is 379 g/mol. The maximum Gasteiger partial charge on any atom is 0.274 e. The summed E-state index contributed by atoms with van der Waals surface area (Å²) in [6.45, 7) is 3.92. The number of ether oxygens (including phenoxy) is 1. The Hall–Kier alpha value is -3.01. The highest BCUT2D eigenvalue weighted by molar-refractivity contribution is 7.80. The summed E-state index contributed by atoms with van der Waals surface area (Å²) in [5, 5.41) is 21.4. The molecule has 2 rings (SSSR count). The molecule has 10 heteroatoms. The normalized spacial score (nSPS) is 14.7. The number of non-ortho nitro benzene ring substituents is 1. The fourth-order valence-electron chi connectivity index (χ4n) is 2.52. The second-order valence-electron chi connectivity index (χ2n) is 5.28. The van der Waals surface area contributed by atoms with E-state index in [1.807, 2.05) is 0 Å². The molecular formula is C16H17N3O6S. The van der Waals surface area contributed by atoms with Crippen LogP contribution < -0.4 is 4.74 Å². The molecule has 0 aromatic heterocycles. The number of nitrogens with zero attached hydrogens (tertiary/aromatic N) is 3. The summed E-state index contributed by atoms with van der Waals surface area (Å²) in [4.78, 5) is 38.1. The average Bonchev–Trinajstić information content (AvgIpc) is 2.60. The van der Waals surface area contributed by atoms with Crippen molar-refractivity contribution in [3.8, 4) is 11.5 Å². The Balaban J connectivity index is 2.65. The van der Waals surface area contributed by atoms with E-state index in [-0.39, 0.29) is 40.8 Å². The molecule has 0 saturated carbocycles. The summed E-state index contributed by atoms with van der Waals surface area (Å²) < 4.78 is 4.93. The van der Waals surface area contributed by atoms with E-state index >= 15 is 0 Å². The van der Waals surface area contributed by atoms with Crippen LogP contribution in [0.3, 0.4) is 0 Å². The molecule has 0 spiro atoms. The van der Waals surface area contributed by atoms with Crippen molar-refractivity contribution >= 4 is 40.9 Å². The zero-order valence-corrected chi connectivity index (χ0v) is 15.2. The SMILES string of the molecule is CCN1C(=O)C(=Cc2cc([N+](=O)[O-])cc(OC)c2O)C(=O)N(CC)C1=S. The zero-order chi connectivity index (χ0) is 19.6. The first-order chi connectivity index (χ1) is 12.3. The van der Waals surface area contributed by atoms with Gasteiger partial charge in [0.05, 0.1) is 18.1 Å². The molecule has 1 fully saturated rings. The molecule has 1 aromatic carbocycles. The number of nitro benzene ring substituents is 1. The Bertz CT molecular complexity index is 808. The molecule has 138 valence electrons. The van der Waals surface area contributed by atoms with Gasteiger partial charge in [-0.2, -0.15) is 0 Å². The molecule has 0 aliphatic carbocycles. The quantitative estimate of drug-likeness (QED) is 0.272. The lowest BCUT2D eigenvalue weighted by Gasteiger charge is -2.35. The molecule has 1 N–H and O–H groups in total. The predicted molar refractivity (Wildman–Crippen MR) is 96.7 cm³/mol. The summed E-state index contributed by atoms with van der Waals surface area (Å²) in [7, 11) is 1.24. The third kappa shape index (κ3) is 3.23. The van der Waals surface area contributed by atoms with Crippen LogP contribution in [-0.4, -0.2) is 57.0 Å². The number of nitro groups is 1. The highest BCUT2D eigenvalue weighted by Gasteiger charge is 2.38. The van der Waals surface area contributed by atoms with Gasteiger partial charge in [0, 0.05) is 24.7 Å². The molecule has 9 nitrogen and oxygen atoms in total. The van der Waals surface area contributed by atoms with Gasteiger partial charge in [-0.25, -0.2) is 0 Å². The lowest BCUT2D eigenvalue weighted by atomic mass is 10.0. The molecule has 1 aromatic rings. The number of methoxy groups -OCH3 is 1. The largest absolute Gasteiger partial charge is 0.504 e. The summed E-state index contributed by atoms with van der Waals surface area (Å²) in [5.74, 6) is -1.81. The molecule has 0 bridgehead atoms. The van der Waals surface area contributed by atoms with Gasteiger partial charge < -0.3 is 9.84 Å². The van der Waals surface area contributed by atoms with E-state index in [2.05, 4.69) is 0 Å². The smallest absolute Gasteiger partial charge is 0.274 e.